The molecule has 4 heteroatoms. The van der Waals surface area contributed by atoms with E-state index >= 15 is 0 Å². The zero-order chi connectivity index (χ0) is 20.6. The summed E-state index contributed by atoms with van der Waals surface area (Å²) in [6.07, 6.45) is 17.8. The van der Waals surface area contributed by atoms with E-state index in [4.69, 9.17) is 0 Å². The fourth-order valence-corrected chi connectivity index (χ4v) is 3.47. The number of carbonyl (C=O) groups excluding carboxylic acids is 1. The van der Waals surface area contributed by atoms with Gasteiger partial charge in [-0.2, -0.15) is 0 Å². The fraction of sp³-hybridized carbons (Fsp3) is 0.708. The number of hydrogen-bond donors (Lipinski definition) is 1. The first-order valence-electron chi connectivity index (χ1n) is 11.3. The lowest BCUT2D eigenvalue weighted by atomic mass is 10.0. The molecule has 0 aliphatic rings. The number of aryl methyl sites for hydroxylation is 1. The maximum Gasteiger partial charge on any atom is 0.257 e. The summed E-state index contributed by atoms with van der Waals surface area (Å²) in [6.45, 7) is 4.24. The van der Waals surface area contributed by atoms with E-state index in [1.165, 1.54) is 83.6 Å². The van der Waals surface area contributed by atoms with E-state index in [0.717, 1.165) is 25.3 Å². The SMILES string of the molecule is CCCCCCCCCCCCCCCCNC(=O)c1c(F)ccc(C)c1F. The summed E-state index contributed by atoms with van der Waals surface area (Å²) in [5.74, 6) is -2.23. The molecule has 0 atom stereocenters. The highest BCUT2D eigenvalue weighted by atomic mass is 19.1. The molecule has 0 spiro atoms. The van der Waals surface area contributed by atoms with Crippen LogP contribution in [0, 0.1) is 18.6 Å². The number of hydrogen-bond acceptors (Lipinski definition) is 1. The van der Waals surface area contributed by atoms with Crippen molar-refractivity contribution in [1.82, 2.24) is 5.32 Å². The molecule has 2 nitrogen and oxygen atoms in total. The lowest BCUT2D eigenvalue weighted by Crippen LogP contribution is -2.26. The Morgan fingerprint density at radius 2 is 1.25 bits per heavy atom. The molecule has 1 rings (SSSR count). The van der Waals surface area contributed by atoms with Gasteiger partial charge in [-0.3, -0.25) is 4.79 Å². The Kier molecular flexibility index (Phi) is 13.6. The molecule has 0 radical (unpaired) electrons. The van der Waals surface area contributed by atoms with Crippen LogP contribution in [0.5, 0.6) is 0 Å². The minimum atomic E-state index is -0.804. The quantitative estimate of drug-likeness (QED) is 0.289. The van der Waals surface area contributed by atoms with Crippen LogP contribution in [0.15, 0.2) is 12.1 Å². The van der Waals surface area contributed by atoms with Gasteiger partial charge in [-0.05, 0) is 25.0 Å². The van der Waals surface area contributed by atoms with Crippen molar-refractivity contribution < 1.29 is 13.6 Å². The van der Waals surface area contributed by atoms with Crippen LogP contribution in [-0.4, -0.2) is 12.5 Å². The lowest BCUT2D eigenvalue weighted by Gasteiger charge is -2.08. The summed E-state index contributed by atoms with van der Waals surface area (Å²) < 4.78 is 27.6. The van der Waals surface area contributed by atoms with Gasteiger partial charge in [0.15, 0.2) is 0 Å². The molecule has 1 amide bonds. The van der Waals surface area contributed by atoms with Crippen LogP contribution in [0.1, 0.15) is 113 Å². The van der Waals surface area contributed by atoms with Crippen LogP contribution in [0.3, 0.4) is 0 Å². The van der Waals surface area contributed by atoms with E-state index in [2.05, 4.69) is 12.2 Å². The number of amides is 1. The van der Waals surface area contributed by atoms with Crippen molar-refractivity contribution in [1.29, 1.82) is 0 Å². The van der Waals surface area contributed by atoms with Gasteiger partial charge in [0.1, 0.15) is 17.2 Å². The molecule has 1 N–H and O–H groups in total. The van der Waals surface area contributed by atoms with Crippen molar-refractivity contribution >= 4 is 5.91 Å². The average molecular weight is 396 g/mol. The Morgan fingerprint density at radius 3 is 1.75 bits per heavy atom. The molecule has 1 aromatic rings. The van der Waals surface area contributed by atoms with Crippen molar-refractivity contribution in [3.05, 3.63) is 34.9 Å². The Morgan fingerprint density at radius 1 is 0.786 bits per heavy atom. The molecule has 0 aliphatic heterocycles. The number of unbranched alkanes of at least 4 members (excludes halogenated alkanes) is 13. The van der Waals surface area contributed by atoms with Crippen LogP contribution in [0.4, 0.5) is 8.78 Å². The highest BCUT2D eigenvalue weighted by Gasteiger charge is 2.18. The Balaban J connectivity index is 1.96. The molecule has 160 valence electrons. The van der Waals surface area contributed by atoms with Gasteiger partial charge in [0.25, 0.3) is 5.91 Å². The third kappa shape index (κ3) is 10.2. The third-order valence-electron chi connectivity index (χ3n) is 5.33. The van der Waals surface area contributed by atoms with Crippen LogP contribution in [0.2, 0.25) is 0 Å². The smallest absolute Gasteiger partial charge is 0.257 e. The zero-order valence-electron chi connectivity index (χ0n) is 17.9. The van der Waals surface area contributed by atoms with Crippen LogP contribution in [0.25, 0.3) is 0 Å². The van der Waals surface area contributed by atoms with Gasteiger partial charge in [0.2, 0.25) is 0 Å². The number of carbonyl (C=O) groups is 1. The molecular weight excluding hydrogens is 356 g/mol. The molecule has 0 aliphatic carbocycles. The normalized spacial score (nSPS) is 11.0. The predicted molar refractivity (Wildman–Crippen MR) is 114 cm³/mol. The topological polar surface area (TPSA) is 29.1 Å². The van der Waals surface area contributed by atoms with Crippen LogP contribution >= 0.6 is 0 Å². The van der Waals surface area contributed by atoms with E-state index < -0.39 is 23.1 Å². The Hall–Kier alpha value is -1.45. The summed E-state index contributed by atoms with van der Waals surface area (Å²) >= 11 is 0. The zero-order valence-corrected chi connectivity index (χ0v) is 17.9. The number of rotatable bonds is 16. The fourth-order valence-electron chi connectivity index (χ4n) is 3.47. The van der Waals surface area contributed by atoms with Crippen molar-refractivity contribution in [2.45, 2.75) is 104 Å². The first-order chi connectivity index (χ1) is 13.6. The van der Waals surface area contributed by atoms with Crippen LogP contribution < -0.4 is 5.32 Å². The Labute approximate surface area is 170 Å². The summed E-state index contributed by atoms with van der Waals surface area (Å²) in [7, 11) is 0. The molecular formula is C24H39F2NO. The number of benzene rings is 1. The van der Waals surface area contributed by atoms with Gasteiger partial charge in [-0.25, -0.2) is 8.78 Å². The van der Waals surface area contributed by atoms with E-state index in [1.54, 1.807) is 0 Å². The van der Waals surface area contributed by atoms with Crippen molar-refractivity contribution in [2.24, 2.45) is 0 Å². The largest absolute Gasteiger partial charge is 0.352 e. The number of nitrogens with one attached hydrogen (secondary N) is 1. The monoisotopic (exact) mass is 395 g/mol. The first kappa shape index (κ1) is 24.6. The minimum Gasteiger partial charge on any atom is -0.352 e. The summed E-state index contributed by atoms with van der Waals surface area (Å²) in [4.78, 5) is 12.0. The molecule has 0 unspecified atom stereocenters. The highest BCUT2D eigenvalue weighted by molar-refractivity contribution is 5.94. The molecule has 0 heterocycles. The van der Waals surface area contributed by atoms with Crippen molar-refractivity contribution in [3.8, 4) is 0 Å². The van der Waals surface area contributed by atoms with Crippen molar-refractivity contribution in [2.75, 3.05) is 6.54 Å². The Bertz CT molecular complexity index is 560. The summed E-state index contributed by atoms with van der Waals surface area (Å²) in [6, 6.07) is 2.48. The molecule has 1 aromatic carbocycles. The second-order valence-corrected chi connectivity index (χ2v) is 7.91. The van der Waals surface area contributed by atoms with E-state index in [-0.39, 0.29) is 5.56 Å². The summed E-state index contributed by atoms with van der Waals surface area (Å²) in [5, 5.41) is 2.63. The first-order valence-corrected chi connectivity index (χ1v) is 11.3. The molecule has 0 bridgehead atoms. The standard InChI is InChI=1S/C24H39F2NO/c1-3-4-5-6-7-8-9-10-11-12-13-14-15-16-19-27-24(28)22-21(25)18-17-20(2)23(22)26/h17-18H,3-16,19H2,1-2H3,(H,27,28). The molecule has 0 fully saturated rings. The van der Waals surface area contributed by atoms with Gasteiger partial charge in [0, 0.05) is 6.54 Å². The molecule has 0 aromatic heterocycles. The average Bonchev–Trinajstić information content (AvgIpc) is 2.68. The van der Waals surface area contributed by atoms with Crippen LogP contribution in [-0.2, 0) is 0 Å². The lowest BCUT2D eigenvalue weighted by molar-refractivity contribution is 0.0944. The minimum absolute atomic E-state index is 0.281. The second kappa shape index (κ2) is 15.5. The molecule has 28 heavy (non-hydrogen) atoms. The van der Waals surface area contributed by atoms with Gasteiger partial charge < -0.3 is 5.32 Å². The van der Waals surface area contributed by atoms with E-state index in [1.807, 2.05) is 0 Å². The van der Waals surface area contributed by atoms with E-state index in [9.17, 15) is 13.6 Å². The third-order valence-corrected chi connectivity index (χ3v) is 5.33. The number of halogens is 2. The molecule has 0 saturated heterocycles. The molecule has 0 saturated carbocycles. The van der Waals surface area contributed by atoms with Gasteiger partial charge in [-0.15, -0.1) is 0 Å². The maximum atomic E-state index is 13.9. The van der Waals surface area contributed by atoms with E-state index in [0.29, 0.717) is 6.54 Å². The van der Waals surface area contributed by atoms with Gasteiger partial charge in [-0.1, -0.05) is 96.5 Å². The second-order valence-electron chi connectivity index (χ2n) is 7.91. The summed E-state index contributed by atoms with van der Waals surface area (Å²) in [5.41, 5.74) is -0.187. The predicted octanol–water partition coefficient (Wildman–Crippen LogP) is 7.48. The van der Waals surface area contributed by atoms with Crippen molar-refractivity contribution in [3.63, 3.8) is 0 Å². The van der Waals surface area contributed by atoms with Gasteiger partial charge in [0.05, 0.1) is 0 Å². The highest BCUT2D eigenvalue weighted by Crippen LogP contribution is 2.16. The maximum absolute atomic E-state index is 13.9. The van der Waals surface area contributed by atoms with Gasteiger partial charge >= 0.3 is 0 Å².